The summed E-state index contributed by atoms with van der Waals surface area (Å²) >= 11 is 0. The maximum absolute atomic E-state index is 9.52. The van der Waals surface area contributed by atoms with Gasteiger partial charge in [-0.25, -0.2) is 0 Å². The third kappa shape index (κ3) is 3.05. The quantitative estimate of drug-likeness (QED) is 0.845. The number of hydrogen-bond acceptors (Lipinski definition) is 2. The molecule has 0 saturated heterocycles. The van der Waals surface area contributed by atoms with Gasteiger partial charge in [-0.1, -0.05) is 19.1 Å². The van der Waals surface area contributed by atoms with Crippen LogP contribution in [0.15, 0.2) is 42.7 Å². The first kappa shape index (κ1) is 13.3. The highest BCUT2D eigenvalue weighted by molar-refractivity contribution is 5.28. The number of phenolic OH excluding ortho intramolecular Hbond substituents is 1. The van der Waals surface area contributed by atoms with Crippen molar-refractivity contribution in [3.05, 3.63) is 53.9 Å². The van der Waals surface area contributed by atoms with Crippen LogP contribution in [0.5, 0.6) is 5.75 Å². The molecule has 1 aliphatic carbocycles. The van der Waals surface area contributed by atoms with Gasteiger partial charge in [0.25, 0.3) is 0 Å². The minimum atomic E-state index is 0.332. The Morgan fingerprint density at radius 1 is 1.35 bits per heavy atom. The number of aromatic hydroxyl groups is 1. The Morgan fingerprint density at radius 2 is 2.20 bits per heavy atom. The van der Waals surface area contributed by atoms with Crippen LogP contribution in [0.2, 0.25) is 0 Å². The fourth-order valence-electron chi connectivity index (χ4n) is 2.81. The first-order chi connectivity index (χ1) is 9.76. The van der Waals surface area contributed by atoms with Crippen LogP contribution < -0.4 is 5.32 Å². The monoisotopic (exact) mass is 270 g/mol. The molecule has 1 fully saturated rings. The highest BCUT2D eigenvalue weighted by Crippen LogP contribution is 2.41. The number of benzene rings is 1. The van der Waals surface area contributed by atoms with Crippen molar-refractivity contribution in [2.45, 2.75) is 32.4 Å². The zero-order valence-corrected chi connectivity index (χ0v) is 11.9. The van der Waals surface area contributed by atoms with Gasteiger partial charge < -0.3 is 15.0 Å². The molecule has 1 saturated carbocycles. The van der Waals surface area contributed by atoms with Gasteiger partial charge in [0.2, 0.25) is 0 Å². The molecule has 2 aromatic rings. The summed E-state index contributed by atoms with van der Waals surface area (Å²) in [6.07, 6.45) is 7.05. The summed E-state index contributed by atoms with van der Waals surface area (Å²) in [5.74, 6) is 1.14. The summed E-state index contributed by atoms with van der Waals surface area (Å²) in [6, 6.07) is 10.2. The number of nitrogens with zero attached hydrogens (tertiary/aromatic N) is 1. The van der Waals surface area contributed by atoms with Crippen molar-refractivity contribution in [3.63, 3.8) is 0 Å². The van der Waals surface area contributed by atoms with Gasteiger partial charge in [0.1, 0.15) is 5.75 Å². The smallest absolute Gasteiger partial charge is 0.115 e. The summed E-state index contributed by atoms with van der Waals surface area (Å²) in [4.78, 5) is 0. The Hall–Kier alpha value is -1.74. The van der Waals surface area contributed by atoms with Gasteiger partial charge in [-0.05, 0) is 54.6 Å². The number of phenols is 1. The molecule has 1 aromatic heterocycles. The lowest BCUT2D eigenvalue weighted by Crippen LogP contribution is -2.22. The number of nitrogens with one attached hydrogen (secondary N) is 1. The molecule has 106 valence electrons. The second-order valence-corrected chi connectivity index (χ2v) is 5.66. The fourth-order valence-corrected chi connectivity index (χ4v) is 2.81. The number of hydrogen-bond donors (Lipinski definition) is 2. The first-order valence-electron chi connectivity index (χ1n) is 7.43. The van der Waals surface area contributed by atoms with E-state index in [-0.39, 0.29) is 0 Å². The van der Waals surface area contributed by atoms with E-state index in [0.29, 0.717) is 11.8 Å². The Balaban J connectivity index is 1.72. The third-order valence-corrected chi connectivity index (χ3v) is 3.93. The molecule has 0 radical (unpaired) electrons. The maximum Gasteiger partial charge on any atom is 0.115 e. The van der Waals surface area contributed by atoms with E-state index >= 15 is 0 Å². The number of aromatic nitrogens is 1. The zero-order valence-electron chi connectivity index (χ0n) is 11.9. The van der Waals surface area contributed by atoms with Crippen LogP contribution in [0.3, 0.4) is 0 Å². The molecule has 1 heterocycles. The average molecular weight is 270 g/mol. The molecule has 0 bridgehead atoms. The van der Waals surface area contributed by atoms with Crippen molar-refractivity contribution in [3.8, 4) is 5.75 Å². The van der Waals surface area contributed by atoms with Crippen molar-refractivity contribution in [2.24, 2.45) is 5.92 Å². The molecule has 1 atom stereocenters. The SMILES string of the molecule is CCNC(c1ccn(Cc2cccc(O)c2)c1)C1CC1. The van der Waals surface area contributed by atoms with E-state index in [4.69, 9.17) is 0 Å². The van der Waals surface area contributed by atoms with E-state index in [1.807, 2.05) is 18.2 Å². The Labute approximate surface area is 120 Å². The molecule has 3 rings (SSSR count). The fraction of sp³-hybridized carbons (Fsp3) is 0.412. The molecule has 1 aromatic carbocycles. The molecular weight excluding hydrogens is 248 g/mol. The molecule has 0 aliphatic heterocycles. The lowest BCUT2D eigenvalue weighted by atomic mass is 10.1. The molecule has 0 spiro atoms. The van der Waals surface area contributed by atoms with Gasteiger partial charge in [0, 0.05) is 25.0 Å². The largest absolute Gasteiger partial charge is 0.508 e. The second kappa shape index (κ2) is 5.71. The maximum atomic E-state index is 9.52. The summed E-state index contributed by atoms with van der Waals surface area (Å²) in [5.41, 5.74) is 2.51. The lowest BCUT2D eigenvalue weighted by Gasteiger charge is -2.15. The van der Waals surface area contributed by atoms with Crippen molar-refractivity contribution < 1.29 is 5.11 Å². The van der Waals surface area contributed by atoms with E-state index < -0.39 is 0 Å². The van der Waals surface area contributed by atoms with Crippen LogP contribution in [-0.4, -0.2) is 16.2 Å². The van der Waals surface area contributed by atoms with Crippen molar-refractivity contribution in [2.75, 3.05) is 6.54 Å². The molecule has 1 aliphatic rings. The van der Waals surface area contributed by atoms with Crippen molar-refractivity contribution in [1.29, 1.82) is 0 Å². The molecule has 3 heteroatoms. The van der Waals surface area contributed by atoms with E-state index in [1.54, 1.807) is 6.07 Å². The van der Waals surface area contributed by atoms with Crippen LogP contribution in [-0.2, 0) is 6.54 Å². The molecule has 1 unspecified atom stereocenters. The Morgan fingerprint density at radius 3 is 2.90 bits per heavy atom. The van der Waals surface area contributed by atoms with Crippen LogP contribution in [0.1, 0.15) is 36.9 Å². The van der Waals surface area contributed by atoms with E-state index in [0.717, 1.165) is 24.6 Å². The summed E-state index contributed by atoms with van der Waals surface area (Å²) in [6.45, 7) is 3.98. The zero-order chi connectivity index (χ0) is 13.9. The lowest BCUT2D eigenvalue weighted by molar-refractivity contribution is 0.474. The van der Waals surface area contributed by atoms with Gasteiger partial charge in [-0.2, -0.15) is 0 Å². The Kier molecular flexibility index (Phi) is 3.79. The van der Waals surface area contributed by atoms with Gasteiger partial charge >= 0.3 is 0 Å². The molecule has 3 nitrogen and oxygen atoms in total. The minimum Gasteiger partial charge on any atom is -0.508 e. The van der Waals surface area contributed by atoms with E-state index in [1.165, 1.54) is 18.4 Å². The van der Waals surface area contributed by atoms with Crippen LogP contribution >= 0.6 is 0 Å². The predicted molar refractivity (Wildman–Crippen MR) is 80.8 cm³/mol. The molecule has 0 amide bonds. The normalized spacial score (nSPS) is 16.2. The topological polar surface area (TPSA) is 37.2 Å². The van der Waals surface area contributed by atoms with E-state index in [9.17, 15) is 5.11 Å². The van der Waals surface area contributed by atoms with Gasteiger partial charge in [0.15, 0.2) is 0 Å². The molecule has 2 N–H and O–H groups in total. The van der Waals surface area contributed by atoms with Crippen LogP contribution in [0, 0.1) is 5.92 Å². The van der Waals surface area contributed by atoms with Crippen LogP contribution in [0.4, 0.5) is 0 Å². The Bertz CT molecular complexity index is 572. The average Bonchev–Trinajstić information content (AvgIpc) is 3.16. The number of rotatable bonds is 6. The summed E-state index contributed by atoms with van der Waals surface area (Å²) < 4.78 is 2.19. The predicted octanol–water partition coefficient (Wildman–Crippen LogP) is 3.30. The standard InChI is InChI=1S/C17H22N2O/c1-2-18-17(14-6-7-14)15-8-9-19(12-15)11-13-4-3-5-16(20)10-13/h3-5,8-10,12,14,17-18,20H,2,6-7,11H2,1H3. The van der Waals surface area contributed by atoms with Crippen molar-refractivity contribution in [1.82, 2.24) is 9.88 Å². The third-order valence-electron chi connectivity index (χ3n) is 3.93. The van der Waals surface area contributed by atoms with Crippen molar-refractivity contribution >= 4 is 0 Å². The van der Waals surface area contributed by atoms with Gasteiger partial charge in [-0.15, -0.1) is 0 Å². The highest BCUT2D eigenvalue weighted by atomic mass is 16.3. The summed E-state index contributed by atoms with van der Waals surface area (Å²) in [7, 11) is 0. The van der Waals surface area contributed by atoms with Crippen LogP contribution in [0.25, 0.3) is 0 Å². The highest BCUT2D eigenvalue weighted by Gasteiger charge is 2.31. The first-order valence-corrected chi connectivity index (χ1v) is 7.43. The molecular formula is C17H22N2O. The van der Waals surface area contributed by atoms with Gasteiger partial charge in [0.05, 0.1) is 0 Å². The summed E-state index contributed by atoms with van der Waals surface area (Å²) in [5, 5.41) is 13.1. The minimum absolute atomic E-state index is 0.332. The van der Waals surface area contributed by atoms with Gasteiger partial charge in [-0.3, -0.25) is 0 Å². The second-order valence-electron chi connectivity index (χ2n) is 5.66. The molecule has 20 heavy (non-hydrogen) atoms. The van der Waals surface area contributed by atoms with E-state index in [2.05, 4.69) is 35.3 Å².